The first-order chi connectivity index (χ1) is 17.5. The highest BCUT2D eigenvalue weighted by atomic mass is 16.2. The Morgan fingerprint density at radius 1 is 1.17 bits per heavy atom. The first kappa shape index (κ1) is 23.8. The largest absolute Gasteiger partial charge is 0.328 e. The first-order valence-corrected chi connectivity index (χ1v) is 12.6. The zero-order chi connectivity index (χ0) is 25.2. The highest BCUT2D eigenvalue weighted by Crippen LogP contribution is 2.44. The number of hydrogen-bond donors (Lipinski definition) is 1. The number of benzene rings is 1. The number of unbranched alkanes of at least 4 members (excludes halogenated alkanes) is 1. The third-order valence-electron chi connectivity index (χ3n) is 7.29. The fraction of sp³-hybridized carbons (Fsp3) is 0.407. The molecule has 0 aliphatic heterocycles. The van der Waals surface area contributed by atoms with E-state index in [9.17, 15) is 9.59 Å². The zero-order valence-electron chi connectivity index (χ0n) is 20.9. The second kappa shape index (κ2) is 10.0. The van der Waals surface area contributed by atoms with Crippen LogP contribution in [0, 0.1) is 11.8 Å². The smallest absolute Gasteiger partial charge is 0.300 e. The van der Waals surface area contributed by atoms with Crippen LogP contribution in [0.4, 0.5) is 0 Å². The number of hydrogen-bond acceptors (Lipinski definition) is 6. The van der Waals surface area contributed by atoms with E-state index in [1.54, 1.807) is 13.1 Å². The lowest BCUT2D eigenvalue weighted by molar-refractivity contribution is -0.127. The molecule has 3 unspecified atom stereocenters. The number of tetrazole rings is 1. The van der Waals surface area contributed by atoms with Crippen LogP contribution in [0.1, 0.15) is 57.5 Å². The Morgan fingerprint density at radius 3 is 2.69 bits per heavy atom. The van der Waals surface area contributed by atoms with Crippen molar-refractivity contribution in [2.24, 2.45) is 11.8 Å². The Morgan fingerprint density at radius 2 is 1.97 bits per heavy atom. The number of Topliss-reactive ketones (excluding diaryl/α,β-unsaturated/α-hetero) is 1. The van der Waals surface area contributed by atoms with E-state index >= 15 is 0 Å². The third kappa shape index (κ3) is 4.53. The molecule has 3 heterocycles. The lowest BCUT2D eigenvalue weighted by atomic mass is 9.69. The van der Waals surface area contributed by atoms with Gasteiger partial charge in [0, 0.05) is 29.6 Å². The molecular formula is C27H31N7O2. The number of ketones is 1. The normalized spacial score (nSPS) is 19.2. The minimum atomic E-state index is -0.0825. The fourth-order valence-electron chi connectivity index (χ4n) is 5.28. The van der Waals surface area contributed by atoms with E-state index in [2.05, 4.69) is 39.5 Å². The summed E-state index contributed by atoms with van der Waals surface area (Å²) < 4.78 is 3.64. The Bertz CT molecular complexity index is 1420. The predicted octanol–water partition coefficient (Wildman–Crippen LogP) is 4.07. The van der Waals surface area contributed by atoms with E-state index in [0.717, 1.165) is 53.8 Å². The molecular weight excluding hydrogens is 454 g/mol. The van der Waals surface area contributed by atoms with Crippen molar-refractivity contribution in [3.63, 3.8) is 0 Å². The van der Waals surface area contributed by atoms with Gasteiger partial charge in [-0.05, 0) is 71.9 Å². The zero-order valence-corrected chi connectivity index (χ0v) is 20.9. The summed E-state index contributed by atoms with van der Waals surface area (Å²) in [6.45, 7) is 6.28. The van der Waals surface area contributed by atoms with Gasteiger partial charge in [0.2, 0.25) is 0 Å². The van der Waals surface area contributed by atoms with Crippen molar-refractivity contribution in [1.29, 1.82) is 0 Å². The molecule has 1 aliphatic carbocycles. The van der Waals surface area contributed by atoms with E-state index in [1.165, 1.54) is 0 Å². The molecule has 3 aromatic heterocycles. The summed E-state index contributed by atoms with van der Waals surface area (Å²) in [4.78, 5) is 30.3. The highest BCUT2D eigenvalue weighted by molar-refractivity contribution is 5.80. The minimum Gasteiger partial charge on any atom is -0.300 e. The number of aromatic amines is 1. The lowest BCUT2D eigenvalue weighted by Gasteiger charge is -2.41. The molecule has 9 heteroatoms. The van der Waals surface area contributed by atoms with Crippen molar-refractivity contribution in [3.05, 3.63) is 70.7 Å². The van der Waals surface area contributed by atoms with Gasteiger partial charge in [-0.15, -0.1) is 5.10 Å². The number of aryl methyl sites for hydroxylation is 1. The quantitative estimate of drug-likeness (QED) is 0.383. The summed E-state index contributed by atoms with van der Waals surface area (Å²) in [5.41, 5.74) is 4.64. The molecule has 1 N–H and O–H groups in total. The van der Waals surface area contributed by atoms with Gasteiger partial charge in [-0.2, -0.15) is 0 Å². The van der Waals surface area contributed by atoms with E-state index < -0.39 is 0 Å². The number of carbonyl (C=O) groups is 1. The summed E-state index contributed by atoms with van der Waals surface area (Å²) in [6, 6.07) is 11.9. The minimum absolute atomic E-state index is 0.0593. The maximum absolute atomic E-state index is 13.6. The molecule has 186 valence electrons. The number of pyridine rings is 1. The van der Waals surface area contributed by atoms with Crippen LogP contribution in [0.5, 0.6) is 0 Å². The molecule has 1 aromatic carbocycles. The molecule has 36 heavy (non-hydrogen) atoms. The molecule has 0 amide bonds. The molecule has 0 saturated heterocycles. The van der Waals surface area contributed by atoms with Crippen molar-refractivity contribution < 1.29 is 4.79 Å². The molecule has 4 aromatic rings. The molecule has 0 bridgehead atoms. The standard InChI is InChI=1S/C27H31N7O2/c1-4-5-9-23-16-34(25-17(2)12-24(25)18(3)35)27(36)33(23)15-22-14-20(10-11-28-22)19-7-6-8-21(13-19)26-29-31-32-30-26/h6-8,10-11,13-14,16-17,24-25H,4-5,9,12,15H2,1-3H3,(H,29,30,31,32). The van der Waals surface area contributed by atoms with Crippen LogP contribution in [-0.2, 0) is 17.8 Å². The van der Waals surface area contributed by atoms with Gasteiger partial charge >= 0.3 is 5.69 Å². The maximum Gasteiger partial charge on any atom is 0.328 e. The number of aromatic nitrogens is 7. The highest BCUT2D eigenvalue weighted by Gasteiger charge is 2.43. The molecule has 1 saturated carbocycles. The Kier molecular flexibility index (Phi) is 6.63. The summed E-state index contributed by atoms with van der Waals surface area (Å²) in [5.74, 6) is 0.986. The Labute approximate surface area is 209 Å². The van der Waals surface area contributed by atoms with Crippen molar-refractivity contribution in [2.75, 3.05) is 0 Å². The van der Waals surface area contributed by atoms with Crippen LogP contribution in [0.3, 0.4) is 0 Å². The van der Waals surface area contributed by atoms with Gasteiger partial charge in [0.25, 0.3) is 0 Å². The summed E-state index contributed by atoms with van der Waals surface area (Å²) in [6.07, 6.45) is 7.46. The Balaban J connectivity index is 1.47. The number of rotatable bonds is 9. The van der Waals surface area contributed by atoms with Crippen LogP contribution in [0.2, 0.25) is 0 Å². The summed E-state index contributed by atoms with van der Waals surface area (Å²) in [5, 5.41) is 14.1. The van der Waals surface area contributed by atoms with Crippen molar-refractivity contribution in [2.45, 2.75) is 59.0 Å². The SMILES string of the molecule is CCCCc1cn(C2C(C)CC2C(C)=O)c(=O)n1Cc1cc(-c2cccc(-c3nnn[nH]3)c2)ccn1. The van der Waals surface area contributed by atoms with Gasteiger partial charge < -0.3 is 0 Å². The third-order valence-corrected chi connectivity index (χ3v) is 7.29. The monoisotopic (exact) mass is 485 g/mol. The molecule has 0 spiro atoms. The van der Waals surface area contributed by atoms with Crippen LogP contribution >= 0.6 is 0 Å². The number of imidazole rings is 1. The fourth-order valence-corrected chi connectivity index (χ4v) is 5.28. The van der Waals surface area contributed by atoms with Crippen LogP contribution in [0.15, 0.2) is 53.6 Å². The van der Waals surface area contributed by atoms with Gasteiger partial charge in [0.15, 0.2) is 5.82 Å². The Hall–Kier alpha value is -3.88. The second-order valence-corrected chi connectivity index (χ2v) is 9.79. The summed E-state index contributed by atoms with van der Waals surface area (Å²) >= 11 is 0. The predicted molar refractivity (Wildman–Crippen MR) is 136 cm³/mol. The van der Waals surface area contributed by atoms with Gasteiger partial charge in [-0.1, -0.05) is 38.5 Å². The lowest BCUT2D eigenvalue weighted by Crippen LogP contribution is -2.44. The molecule has 0 radical (unpaired) electrons. The number of H-pyrrole nitrogens is 1. The second-order valence-electron chi connectivity index (χ2n) is 9.79. The van der Waals surface area contributed by atoms with Crippen molar-refractivity contribution in [3.8, 4) is 22.5 Å². The van der Waals surface area contributed by atoms with Crippen molar-refractivity contribution in [1.82, 2.24) is 34.7 Å². The molecule has 5 rings (SSSR count). The topological polar surface area (TPSA) is 111 Å². The average molecular weight is 486 g/mol. The van der Waals surface area contributed by atoms with Gasteiger partial charge in [0.05, 0.1) is 18.3 Å². The molecule has 1 aliphatic rings. The van der Waals surface area contributed by atoms with Crippen molar-refractivity contribution >= 4 is 5.78 Å². The van der Waals surface area contributed by atoms with Gasteiger partial charge in [-0.25, -0.2) is 9.89 Å². The average Bonchev–Trinajstić information content (AvgIpc) is 3.51. The van der Waals surface area contributed by atoms with E-state index in [1.807, 2.05) is 51.7 Å². The van der Waals surface area contributed by atoms with E-state index in [4.69, 9.17) is 0 Å². The number of nitrogens with one attached hydrogen (secondary N) is 1. The van der Waals surface area contributed by atoms with Crippen LogP contribution < -0.4 is 5.69 Å². The number of nitrogens with zero attached hydrogens (tertiary/aromatic N) is 6. The molecule has 3 atom stereocenters. The number of carbonyl (C=O) groups excluding carboxylic acids is 1. The van der Waals surface area contributed by atoms with Crippen LogP contribution in [0.25, 0.3) is 22.5 Å². The van der Waals surface area contributed by atoms with E-state index in [-0.39, 0.29) is 23.4 Å². The van der Waals surface area contributed by atoms with Crippen LogP contribution in [-0.4, -0.2) is 40.5 Å². The molecule has 1 fully saturated rings. The van der Waals surface area contributed by atoms with E-state index in [0.29, 0.717) is 18.3 Å². The first-order valence-electron chi connectivity index (χ1n) is 12.6. The summed E-state index contributed by atoms with van der Waals surface area (Å²) in [7, 11) is 0. The van der Waals surface area contributed by atoms with Gasteiger partial charge in [0.1, 0.15) is 5.78 Å². The molecule has 9 nitrogen and oxygen atoms in total. The maximum atomic E-state index is 13.6. The van der Waals surface area contributed by atoms with Gasteiger partial charge in [-0.3, -0.25) is 18.9 Å².